The van der Waals surface area contributed by atoms with Crippen molar-refractivity contribution in [3.05, 3.63) is 65.2 Å². The van der Waals surface area contributed by atoms with Crippen LogP contribution in [0, 0.1) is 5.41 Å². The standard InChI is InChI=1S/C21H23NO2/c1-24-20(23)17-8-7-16-9-10-21(14-18(16)13-17)11-12-22(15-21)19-5-3-2-4-6-19/h2-8,13H,9-12,14-15H2,1H3/t21-/m1/s1. The van der Waals surface area contributed by atoms with Crippen molar-refractivity contribution in [2.24, 2.45) is 5.41 Å². The number of ether oxygens (including phenoxy) is 1. The Morgan fingerprint density at radius 3 is 2.71 bits per heavy atom. The van der Waals surface area contributed by atoms with Crippen LogP contribution in [0.15, 0.2) is 48.5 Å². The van der Waals surface area contributed by atoms with Gasteiger partial charge >= 0.3 is 5.97 Å². The van der Waals surface area contributed by atoms with Gasteiger partial charge in [0.1, 0.15) is 0 Å². The van der Waals surface area contributed by atoms with Crippen molar-refractivity contribution in [1.82, 2.24) is 0 Å². The molecule has 0 unspecified atom stereocenters. The third-order valence-corrected chi connectivity index (χ3v) is 5.68. The Morgan fingerprint density at radius 1 is 1.08 bits per heavy atom. The number of aryl methyl sites for hydroxylation is 1. The van der Waals surface area contributed by atoms with E-state index in [0.29, 0.717) is 11.0 Å². The first-order valence-electron chi connectivity index (χ1n) is 8.69. The molecule has 24 heavy (non-hydrogen) atoms. The molecule has 4 rings (SSSR count). The molecule has 0 aromatic heterocycles. The number of hydrogen-bond donors (Lipinski definition) is 0. The summed E-state index contributed by atoms with van der Waals surface area (Å²) in [7, 11) is 1.44. The van der Waals surface area contributed by atoms with Crippen molar-refractivity contribution in [3.63, 3.8) is 0 Å². The number of nitrogens with zero attached hydrogens (tertiary/aromatic N) is 1. The van der Waals surface area contributed by atoms with Crippen molar-refractivity contribution in [2.45, 2.75) is 25.7 Å². The van der Waals surface area contributed by atoms with Gasteiger partial charge in [-0.15, -0.1) is 0 Å². The summed E-state index contributed by atoms with van der Waals surface area (Å²) in [6.45, 7) is 2.23. The first kappa shape index (κ1) is 15.3. The van der Waals surface area contributed by atoms with Gasteiger partial charge < -0.3 is 9.64 Å². The maximum Gasteiger partial charge on any atom is 0.337 e. The minimum Gasteiger partial charge on any atom is -0.465 e. The maximum atomic E-state index is 11.8. The molecule has 0 radical (unpaired) electrons. The van der Waals surface area contributed by atoms with E-state index in [2.05, 4.69) is 41.3 Å². The molecule has 3 nitrogen and oxygen atoms in total. The monoisotopic (exact) mass is 321 g/mol. The van der Waals surface area contributed by atoms with Crippen molar-refractivity contribution < 1.29 is 9.53 Å². The molecule has 0 amide bonds. The number of para-hydroxylation sites is 1. The minimum atomic E-state index is -0.241. The van der Waals surface area contributed by atoms with E-state index in [0.717, 1.165) is 25.9 Å². The molecule has 3 heteroatoms. The summed E-state index contributed by atoms with van der Waals surface area (Å²) in [6.07, 6.45) is 4.64. The molecule has 1 saturated heterocycles. The lowest BCUT2D eigenvalue weighted by atomic mass is 9.71. The fraction of sp³-hybridized carbons (Fsp3) is 0.381. The Kier molecular flexibility index (Phi) is 3.79. The second-order valence-electron chi connectivity index (χ2n) is 7.16. The molecule has 0 saturated carbocycles. The van der Waals surface area contributed by atoms with E-state index in [1.54, 1.807) is 0 Å². The zero-order chi connectivity index (χ0) is 16.6. The topological polar surface area (TPSA) is 29.5 Å². The van der Waals surface area contributed by atoms with Gasteiger partial charge in [-0.3, -0.25) is 0 Å². The number of esters is 1. The lowest BCUT2D eigenvalue weighted by Crippen LogP contribution is -2.33. The second kappa shape index (κ2) is 5.97. The molecule has 2 aromatic carbocycles. The number of carbonyl (C=O) groups is 1. The van der Waals surface area contributed by atoms with Crippen molar-refractivity contribution in [1.29, 1.82) is 0 Å². The van der Waals surface area contributed by atoms with Crippen molar-refractivity contribution >= 4 is 11.7 Å². The molecule has 124 valence electrons. The number of carbonyl (C=O) groups excluding carboxylic acids is 1. The Morgan fingerprint density at radius 2 is 1.92 bits per heavy atom. The number of methoxy groups -OCH3 is 1. The Balaban J connectivity index is 1.56. The van der Waals surface area contributed by atoms with Gasteiger partial charge in [0.25, 0.3) is 0 Å². The SMILES string of the molecule is COC(=O)c1ccc2c(c1)C[C@@]1(CC2)CCN(c2ccccc2)C1. The summed E-state index contributed by atoms with van der Waals surface area (Å²) < 4.78 is 4.87. The molecular weight excluding hydrogens is 298 g/mol. The first-order valence-corrected chi connectivity index (χ1v) is 8.69. The zero-order valence-electron chi connectivity index (χ0n) is 14.1. The molecule has 1 aliphatic heterocycles. The molecule has 1 atom stereocenters. The largest absolute Gasteiger partial charge is 0.465 e. The Labute approximate surface area is 143 Å². The van der Waals surface area contributed by atoms with Gasteiger partial charge in [0.15, 0.2) is 0 Å². The smallest absolute Gasteiger partial charge is 0.337 e. The number of fused-ring (bicyclic) bond motifs is 1. The van der Waals surface area contributed by atoms with Crippen LogP contribution in [0.4, 0.5) is 5.69 Å². The zero-order valence-corrected chi connectivity index (χ0v) is 14.1. The maximum absolute atomic E-state index is 11.8. The highest BCUT2D eigenvalue weighted by Gasteiger charge is 2.40. The summed E-state index contributed by atoms with van der Waals surface area (Å²) in [6, 6.07) is 16.7. The third-order valence-electron chi connectivity index (χ3n) is 5.68. The van der Waals surface area contributed by atoms with Gasteiger partial charge in [-0.25, -0.2) is 4.79 Å². The van der Waals surface area contributed by atoms with E-state index in [4.69, 9.17) is 4.74 Å². The molecule has 1 heterocycles. The van der Waals surface area contributed by atoms with Crippen LogP contribution in [0.25, 0.3) is 0 Å². The van der Waals surface area contributed by atoms with Gasteiger partial charge in [-0.1, -0.05) is 24.3 Å². The van der Waals surface area contributed by atoms with E-state index in [9.17, 15) is 4.79 Å². The number of anilines is 1. The predicted octanol–water partition coefficient (Wildman–Crippen LogP) is 3.86. The van der Waals surface area contributed by atoms with Gasteiger partial charge in [-0.2, -0.15) is 0 Å². The van der Waals surface area contributed by atoms with Gasteiger partial charge in [0, 0.05) is 18.8 Å². The van der Waals surface area contributed by atoms with Crippen LogP contribution in [0.1, 0.15) is 34.3 Å². The van der Waals surface area contributed by atoms with Crippen LogP contribution < -0.4 is 4.90 Å². The van der Waals surface area contributed by atoms with Gasteiger partial charge in [0.05, 0.1) is 12.7 Å². The highest BCUT2D eigenvalue weighted by atomic mass is 16.5. The minimum absolute atomic E-state index is 0.241. The molecule has 2 aliphatic rings. The van der Waals surface area contributed by atoms with Crippen LogP contribution in [0.5, 0.6) is 0 Å². The van der Waals surface area contributed by atoms with Crippen LogP contribution in [0.3, 0.4) is 0 Å². The summed E-state index contributed by atoms with van der Waals surface area (Å²) in [5, 5.41) is 0. The van der Waals surface area contributed by atoms with E-state index in [1.165, 1.54) is 36.8 Å². The summed E-state index contributed by atoms with van der Waals surface area (Å²) >= 11 is 0. The van der Waals surface area contributed by atoms with Crippen molar-refractivity contribution in [2.75, 3.05) is 25.1 Å². The third kappa shape index (κ3) is 2.68. The lowest BCUT2D eigenvalue weighted by Gasteiger charge is -2.35. The average Bonchev–Trinajstić information content (AvgIpc) is 3.04. The van der Waals surface area contributed by atoms with E-state index < -0.39 is 0 Å². The van der Waals surface area contributed by atoms with Crippen LogP contribution in [-0.4, -0.2) is 26.2 Å². The lowest BCUT2D eigenvalue weighted by molar-refractivity contribution is 0.0600. The molecule has 1 fully saturated rings. The fourth-order valence-corrected chi connectivity index (χ4v) is 4.31. The second-order valence-corrected chi connectivity index (χ2v) is 7.16. The summed E-state index contributed by atoms with van der Waals surface area (Å²) in [4.78, 5) is 14.3. The van der Waals surface area contributed by atoms with Crippen LogP contribution in [-0.2, 0) is 17.6 Å². The van der Waals surface area contributed by atoms with E-state index in [1.807, 2.05) is 12.1 Å². The van der Waals surface area contributed by atoms with Crippen LogP contribution in [0.2, 0.25) is 0 Å². The Bertz CT molecular complexity index is 756. The average molecular weight is 321 g/mol. The highest BCUT2D eigenvalue weighted by molar-refractivity contribution is 5.89. The Hall–Kier alpha value is -2.29. The molecule has 1 spiro atoms. The normalized spacial score (nSPS) is 22.5. The highest BCUT2D eigenvalue weighted by Crippen LogP contribution is 2.44. The van der Waals surface area contributed by atoms with E-state index >= 15 is 0 Å². The van der Waals surface area contributed by atoms with Gasteiger partial charge in [-0.05, 0) is 66.5 Å². The number of rotatable bonds is 2. The van der Waals surface area contributed by atoms with Crippen molar-refractivity contribution in [3.8, 4) is 0 Å². The number of benzene rings is 2. The first-order chi connectivity index (χ1) is 11.7. The van der Waals surface area contributed by atoms with Gasteiger partial charge in [0.2, 0.25) is 0 Å². The molecular formula is C21H23NO2. The molecule has 0 N–H and O–H groups in total. The quantitative estimate of drug-likeness (QED) is 0.787. The number of hydrogen-bond acceptors (Lipinski definition) is 3. The predicted molar refractivity (Wildman–Crippen MR) is 95.5 cm³/mol. The molecule has 2 aromatic rings. The molecule has 1 aliphatic carbocycles. The molecule has 0 bridgehead atoms. The summed E-state index contributed by atoms with van der Waals surface area (Å²) in [5.41, 5.74) is 5.07. The van der Waals surface area contributed by atoms with E-state index in [-0.39, 0.29) is 5.97 Å². The fourth-order valence-electron chi connectivity index (χ4n) is 4.31. The van der Waals surface area contributed by atoms with Crippen LogP contribution >= 0.6 is 0 Å². The summed E-state index contributed by atoms with van der Waals surface area (Å²) in [5.74, 6) is -0.241.